The lowest BCUT2D eigenvalue weighted by atomic mass is 10.1. The van der Waals surface area contributed by atoms with Gasteiger partial charge in [-0.15, -0.1) is 0 Å². The highest BCUT2D eigenvalue weighted by Crippen LogP contribution is 2.11. The van der Waals surface area contributed by atoms with Crippen LogP contribution in [0.5, 0.6) is 0 Å². The fourth-order valence-corrected chi connectivity index (χ4v) is 4.17. The number of aliphatic carboxylic acids is 1. The number of nitrogens with zero attached hydrogens (tertiary/aromatic N) is 3. The molecule has 0 aliphatic heterocycles. The van der Waals surface area contributed by atoms with E-state index in [4.69, 9.17) is 5.11 Å². The van der Waals surface area contributed by atoms with Crippen LogP contribution in [-0.2, 0) is 17.9 Å². The number of carbonyl (C=O) groups is 1. The average Bonchev–Trinajstić information content (AvgIpc) is 2.83. The molecule has 34 heavy (non-hydrogen) atoms. The lowest BCUT2D eigenvalue weighted by Crippen LogP contribution is -2.29. The van der Waals surface area contributed by atoms with Gasteiger partial charge in [0.15, 0.2) is 0 Å². The van der Waals surface area contributed by atoms with Crippen molar-refractivity contribution in [3.05, 3.63) is 71.3 Å². The summed E-state index contributed by atoms with van der Waals surface area (Å²) in [5.41, 5.74) is 3.58. The highest BCUT2D eigenvalue weighted by molar-refractivity contribution is 5.79. The Morgan fingerprint density at radius 1 is 0.794 bits per heavy atom. The average molecular weight is 466 g/mol. The molecule has 2 rings (SSSR count). The molecule has 2 aromatic rings. The van der Waals surface area contributed by atoms with E-state index in [0.29, 0.717) is 13.0 Å². The molecule has 0 aromatic heterocycles. The van der Waals surface area contributed by atoms with Crippen molar-refractivity contribution in [1.82, 2.24) is 9.80 Å². The van der Waals surface area contributed by atoms with Crippen molar-refractivity contribution >= 4 is 12.2 Å². The third-order valence-corrected chi connectivity index (χ3v) is 5.89. The molecule has 186 valence electrons. The van der Waals surface area contributed by atoms with Gasteiger partial charge in [0.1, 0.15) is 0 Å². The van der Waals surface area contributed by atoms with Crippen molar-refractivity contribution in [2.45, 2.75) is 65.5 Å². The van der Waals surface area contributed by atoms with E-state index in [1.807, 2.05) is 24.4 Å². The molecule has 0 bridgehead atoms. The van der Waals surface area contributed by atoms with Crippen LogP contribution >= 0.6 is 0 Å². The molecular weight excluding hydrogens is 422 g/mol. The first-order valence-electron chi connectivity index (χ1n) is 12.9. The number of benzene rings is 2. The molecule has 0 radical (unpaired) electrons. The molecule has 5 heteroatoms. The lowest BCUT2D eigenvalue weighted by molar-refractivity contribution is -0.137. The maximum atomic E-state index is 11.0. The number of hydrogen-bond acceptors (Lipinski definition) is 4. The summed E-state index contributed by atoms with van der Waals surface area (Å²) in [6, 6.07) is 18.8. The Labute approximate surface area is 206 Å². The van der Waals surface area contributed by atoms with Crippen LogP contribution < -0.4 is 0 Å². The summed E-state index contributed by atoms with van der Waals surface area (Å²) < 4.78 is 0. The molecule has 0 amide bonds. The molecule has 0 spiro atoms. The summed E-state index contributed by atoms with van der Waals surface area (Å²) in [6.07, 6.45) is 7.58. The Kier molecular flexibility index (Phi) is 13.9. The lowest BCUT2D eigenvalue weighted by Gasteiger charge is -2.24. The van der Waals surface area contributed by atoms with Crippen LogP contribution in [-0.4, -0.2) is 59.8 Å². The van der Waals surface area contributed by atoms with Gasteiger partial charge in [-0.05, 0) is 81.5 Å². The number of carboxylic acids is 1. The van der Waals surface area contributed by atoms with Gasteiger partial charge in [-0.3, -0.25) is 14.7 Å². The van der Waals surface area contributed by atoms with E-state index in [1.54, 1.807) is 0 Å². The smallest absolute Gasteiger partial charge is 0.303 e. The molecule has 2 aromatic carbocycles. The van der Waals surface area contributed by atoms with Crippen LogP contribution in [0.4, 0.5) is 0 Å². The number of aliphatic imine (C=N–C) groups is 1. The van der Waals surface area contributed by atoms with Gasteiger partial charge >= 0.3 is 5.97 Å². The van der Waals surface area contributed by atoms with Crippen LogP contribution in [0.1, 0.15) is 69.1 Å². The second-order valence-electron chi connectivity index (χ2n) is 9.02. The molecule has 0 unspecified atom stereocenters. The van der Waals surface area contributed by atoms with Gasteiger partial charge in [0.05, 0.1) is 6.54 Å². The second-order valence-corrected chi connectivity index (χ2v) is 9.02. The Bertz CT molecular complexity index is 815. The van der Waals surface area contributed by atoms with Gasteiger partial charge < -0.3 is 10.0 Å². The van der Waals surface area contributed by atoms with Crippen molar-refractivity contribution in [3.63, 3.8) is 0 Å². The standard InChI is InChI=1S/C29H43N3O2/c1-3-18-31(19-4-2)20-8-9-21-32(22-10-13-29(33)34)25-28-16-14-27(15-17-28)24-30-23-26-11-6-5-7-12-26/h5-7,11-12,14-17,23H,3-4,8-10,13,18-22,24-25H2,1-2H3,(H,33,34). The molecule has 5 nitrogen and oxygen atoms in total. The first-order chi connectivity index (χ1) is 16.6. The van der Waals surface area contributed by atoms with Gasteiger partial charge in [0.25, 0.3) is 0 Å². The number of hydrogen-bond donors (Lipinski definition) is 1. The maximum absolute atomic E-state index is 11.0. The Hall–Kier alpha value is -2.50. The second kappa shape index (κ2) is 17.0. The first kappa shape index (κ1) is 27.7. The van der Waals surface area contributed by atoms with Crippen LogP contribution in [0.2, 0.25) is 0 Å². The molecule has 0 fully saturated rings. The van der Waals surface area contributed by atoms with Crippen molar-refractivity contribution < 1.29 is 9.90 Å². The van der Waals surface area contributed by atoms with Crippen molar-refractivity contribution in [2.24, 2.45) is 4.99 Å². The minimum absolute atomic E-state index is 0.232. The number of rotatable bonds is 18. The van der Waals surface area contributed by atoms with Gasteiger partial charge in [-0.1, -0.05) is 68.4 Å². The minimum Gasteiger partial charge on any atom is -0.481 e. The third kappa shape index (κ3) is 12.1. The molecule has 0 aliphatic rings. The van der Waals surface area contributed by atoms with E-state index in [1.165, 1.54) is 43.5 Å². The molecule has 0 saturated heterocycles. The first-order valence-corrected chi connectivity index (χ1v) is 12.9. The molecule has 0 aliphatic carbocycles. The van der Waals surface area contributed by atoms with Gasteiger partial charge in [0.2, 0.25) is 0 Å². The van der Waals surface area contributed by atoms with Crippen LogP contribution in [0.25, 0.3) is 0 Å². The van der Waals surface area contributed by atoms with E-state index in [9.17, 15) is 4.79 Å². The minimum atomic E-state index is -0.713. The predicted octanol–water partition coefficient (Wildman–Crippen LogP) is 5.87. The topological polar surface area (TPSA) is 56.1 Å². The van der Waals surface area contributed by atoms with Gasteiger partial charge in [-0.25, -0.2) is 0 Å². The maximum Gasteiger partial charge on any atom is 0.303 e. The van der Waals surface area contributed by atoms with Crippen molar-refractivity contribution in [3.8, 4) is 0 Å². The molecule has 0 heterocycles. The number of carboxylic acid groups (broad SMARTS) is 1. The molecule has 0 saturated carbocycles. The zero-order valence-corrected chi connectivity index (χ0v) is 21.2. The summed E-state index contributed by atoms with van der Waals surface area (Å²) in [4.78, 5) is 20.5. The number of unbranched alkanes of at least 4 members (excludes halogenated alkanes) is 1. The Morgan fingerprint density at radius 3 is 2.00 bits per heavy atom. The summed E-state index contributed by atoms with van der Waals surface area (Å²) in [5, 5.41) is 9.03. The largest absolute Gasteiger partial charge is 0.481 e. The molecular formula is C29H43N3O2. The SMILES string of the molecule is CCCN(CCC)CCCCN(CCCC(=O)O)Cc1ccc(CN=Cc2ccccc2)cc1. The Balaban J connectivity index is 1.84. The fraction of sp³-hybridized carbons (Fsp3) is 0.517. The van der Waals surface area contributed by atoms with E-state index >= 15 is 0 Å². The van der Waals surface area contributed by atoms with Crippen LogP contribution in [0, 0.1) is 0 Å². The monoisotopic (exact) mass is 465 g/mol. The molecule has 0 atom stereocenters. The van der Waals surface area contributed by atoms with Crippen molar-refractivity contribution in [2.75, 3.05) is 32.7 Å². The summed E-state index contributed by atoms with van der Waals surface area (Å²) in [5.74, 6) is -0.713. The van der Waals surface area contributed by atoms with E-state index in [-0.39, 0.29) is 6.42 Å². The summed E-state index contributed by atoms with van der Waals surface area (Å²) in [7, 11) is 0. The Morgan fingerprint density at radius 2 is 1.38 bits per heavy atom. The summed E-state index contributed by atoms with van der Waals surface area (Å²) >= 11 is 0. The van der Waals surface area contributed by atoms with E-state index in [2.05, 4.69) is 65.0 Å². The fourth-order valence-electron chi connectivity index (χ4n) is 4.17. The van der Waals surface area contributed by atoms with Crippen molar-refractivity contribution in [1.29, 1.82) is 0 Å². The zero-order valence-electron chi connectivity index (χ0n) is 21.2. The van der Waals surface area contributed by atoms with Crippen LogP contribution in [0.3, 0.4) is 0 Å². The zero-order chi connectivity index (χ0) is 24.4. The van der Waals surface area contributed by atoms with Crippen LogP contribution in [0.15, 0.2) is 59.6 Å². The predicted molar refractivity (Wildman–Crippen MR) is 143 cm³/mol. The highest BCUT2D eigenvalue weighted by atomic mass is 16.4. The van der Waals surface area contributed by atoms with E-state index < -0.39 is 5.97 Å². The van der Waals surface area contributed by atoms with E-state index in [0.717, 1.165) is 38.2 Å². The third-order valence-electron chi connectivity index (χ3n) is 5.89. The highest BCUT2D eigenvalue weighted by Gasteiger charge is 2.09. The quantitative estimate of drug-likeness (QED) is 0.221. The van der Waals surface area contributed by atoms with Gasteiger partial charge in [0, 0.05) is 19.2 Å². The normalized spacial score (nSPS) is 11.6. The molecule has 1 N–H and O–H groups in total. The summed E-state index contributed by atoms with van der Waals surface area (Å²) in [6.45, 7) is 11.4. The van der Waals surface area contributed by atoms with Gasteiger partial charge in [-0.2, -0.15) is 0 Å².